The van der Waals surface area contributed by atoms with Gasteiger partial charge in [-0.2, -0.15) is 0 Å². The fraction of sp³-hybridized carbons (Fsp3) is 0.273. The van der Waals surface area contributed by atoms with Crippen LogP contribution >= 0.6 is 11.3 Å². The van der Waals surface area contributed by atoms with Crippen molar-refractivity contribution in [1.82, 2.24) is 15.3 Å². The van der Waals surface area contributed by atoms with Gasteiger partial charge >= 0.3 is 0 Å². The summed E-state index contributed by atoms with van der Waals surface area (Å²) in [6.45, 7) is 1.25. The Morgan fingerprint density at radius 1 is 1.27 bits per heavy atom. The zero-order valence-electron chi connectivity index (χ0n) is 17.4. The highest BCUT2D eigenvalue weighted by Crippen LogP contribution is 2.34. The first-order chi connectivity index (χ1) is 15.7. The summed E-state index contributed by atoms with van der Waals surface area (Å²) in [7, 11) is 0. The molecule has 7 nitrogen and oxygen atoms in total. The van der Waals surface area contributed by atoms with Crippen LogP contribution in [0.15, 0.2) is 41.9 Å². The lowest BCUT2D eigenvalue weighted by Crippen LogP contribution is -2.34. The van der Waals surface area contributed by atoms with Crippen molar-refractivity contribution in [3.05, 3.63) is 64.3 Å². The van der Waals surface area contributed by atoms with Crippen molar-refractivity contribution >= 4 is 28.3 Å². The monoisotopic (exact) mass is 476 g/mol. The number of benzene rings is 1. The molecule has 2 amide bonds. The molecule has 0 fully saturated rings. The second-order valence-electron chi connectivity index (χ2n) is 7.60. The molecule has 0 unspecified atom stereocenters. The molecule has 1 aliphatic rings. The van der Waals surface area contributed by atoms with E-state index >= 15 is 0 Å². The van der Waals surface area contributed by atoms with E-state index in [-0.39, 0.29) is 36.1 Å². The fourth-order valence-corrected chi connectivity index (χ4v) is 4.11. The number of halogens is 3. The Labute approximate surface area is 191 Å². The number of carbonyl (C=O) groups excluding carboxylic acids is 2. The van der Waals surface area contributed by atoms with E-state index < -0.39 is 23.9 Å². The number of alkyl halides is 3. The number of hydrogen-bond acceptors (Lipinski definition) is 6. The molecule has 4 rings (SSSR count). The molecule has 172 valence electrons. The SMILES string of the molecule is C[C@@]1(F)COCc2ccc(C(=O)NCC(=O)Nc3nc(-c4ccnc(C(F)F)c4)cs3)cc21. The Kier molecular flexibility index (Phi) is 6.43. The topological polar surface area (TPSA) is 93.2 Å². The largest absolute Gasteiger partial charge is 0.373 e. The molecule has 1 atom stereocenters. The van der Waals surface area contributed by atoms with Crippen LogP contribution in [0, 0.1) is 0 Å². The van der Waals surface area contributed by atoms with Gasteiger partial charge in [-0.25, -0.2) is 18.2 Å². The van der Waals surface area contributed by atoms with Crippen molar-refractivity contribution in [2.75, 3.05) is 18.5 Å². The Balaban J connectivity index is 1.36. The molecule has 33 heavy (non-hydrogen) atoms. The van der Waals surface area contributed by atoms with Crippen LogP contribution in [0.2, 0.25) is 0 Å². The van der Waals surface area contributed by atoms with E-state index in [1.165, 1.54) is 25.3 Å². The van der Waals surface area contributed by atoms with E-state index in [4.69, 9.17) is 4.74 Å². The number of ether oxygens (including phenoxy) is 1. The average Bonchev–Trinajstić information content (AvgIpc) is 3.25. The van der Waals surface area contributed by atoms with Crippen LogP contribution in [0.25, 0.3) is 11.3 Å². The van der Waals surface area contributed by atoms with Crippen LogP contribution < -0.4 is 10.6 Å². The van der Waals surface area contributed by atoms with Crippen LogP contribution in [0.3, 0.4) is 0 Å². The smallest absolute Gasteiger partial charge is 0.280 e. The van der Waals surface area contributed by atoms with Gasteiger partial charge in [0.05, 0.1) is 25.5 Å². The van der Waals surface area contributed by atoms with Gasteiger partial charge < -0.3 is 15.4 Å². The quantitative estimate of drug-likeness (QED) is 0.556. The third-order valence-electron chi connectivity index (χ3n) is 5.02. The summed E-state index contributed by atoms with van der Waals surface area (Å²) in [5.74, 6) is -1.04. The summed E-state index contributed by atoms with van der Waals surface area (Å²) in [5, 5.41) is 6.91. The Morgan fingerprint density at radius 3 is 2.88 bits per heavy atom. The summed E-state index contributed by atoms with van der Waals surface area (Å²) in [6.07, 6.45) is -1.43. The number of carbonyl (C=O) groups is 2. The van der Waals surface area contributed by atoms with Gasteiger partial charge in [0.2, 0.25) is 5.91 Å². The molecule has 0 aliphatic carbocycles. The second-order valence-corrected chi connectivity index (χ2v) is 8.46. The molecule has 0 saturated carbocycles. The van der Waals surface area contributed by atoms with Gasteiger partial charge in [0.1, 0.15) is 5.69 Å². The van der Waals surface area contributed by atoms with Gasteiger partial charge in [-0.1, -0.05) is 6.07 Å². The van der Waals surface area contributed by atoms with Crippen molar-refractivity contribution in [2.24, 2.45) is 0 Å². The maximum absolute atomic E-state index is 14.7. The van der Waals surface area contributed by atoms with Crippen LogP contribution in [-0.2, 0) is 21.8 Å². The van der Waals surface area contributed by atoms with E-state index in [1.54, 1.807) is 23.6 Å². The average molecular weight is 476 g/mol. The third-order valence-corrected chi connectivity index (χ3v) is 5.78. The van der Waals surface area contributed by atoms with Gasteiger partial charge in [-0.15, -0.1) is 11.3 Å². The van der Waals surface area contributed by atoms with E-state index in [1.807, 2.05) is 0 Å². The van der Waals surface area contributed by atoms with Crippen LogP contribution in [-0.4, -0.2) is 34.9 Å². The number of anilines is 1. The van der Waals surface area contributed by atoms with E-state index in [0.29, 0.717) is 22.4 Å². The lowest BCUT2D eigenvalue weighted by molar-refractivity contribution is -0.115. The normalized spacial score (nSPS) is 17.5. The predicted molar refractivity (Wildman–Crippen MR) is 116 cm³/mol. The van der Waals surface area contributed by atoms with Crippen LogP contribution in [0.5, 0.6) is 0 Å². The second kappa shape index (κ2) is 9.28. The number of aromatic nitrogens is 2. The van der Waals surface area contributed by atoms with E-state index in [2.05, 4.69) is 20.6 Å². The summed E-state index contributed by atoms with van der Waals surface area (Å²) in [5.41, 5.74) is 0.100. The summed E-state index contributed by atoms with van der Waals surface area (Å²) in [6, 6.07) is 7.43. The Morgan fingerprint density at radius 2 is 2.09 bits per heavy atom. The molecule has 0 saturated heterocycles. The van der Waals surface area contributed by atoms with Gasteiger partial charge in [0.25, 0.3) is 12.3 Å². The van der Waals surface area contributed by atoms with Crippen molar-refractivity contribution in [1.29, 1.82) is 0 Å². The molecule has 1 aromatic carbocycles. The van der Waals surface area contributed by atoms with Crippen molar-refractivity contribution < 1.29 is 27.5 Å². The number of amides is 2. The van der Waals surface area contributed by atoms with Gasteiger partial charge in [0.15, 0.2) is 10.8 Å². The number of thiazole rings is 1. The predicted octanol–water partition coefficient (Wildman–Crippen LogP) is 4.23. The Bertz CT molecular complexity index is 1200. The van der Waals surface area contributed by atoms with Gasteiger partial charge in [-0.05, 0) is 42.3 Å². The number of nitrogens with one attached hydrogen (secondary N) is 2. The highest BCUT2D eigenvalue weighted by atomic mass is 32.1. The third kappa shape index (κ3) is 5.20. The van der Waals surface area contributed by atoms with Crippen molar-refractivity contribution in [2.45, 2.75) is 25.6 Å². The number of fused-ring (bicyclic) bond motifs is 1. The minimum Gasteiger partial charge on any atom is -0.373 e. The number of nitrogens with zero attached hydrogens (tertiary/aromatic N) is 2. The van der Waals surface area contributed by atoms with E-state index in [0.717, 1.165) is 11.3 Å². The first kappa shape index (κ1) is 22.9. The van der Waals surface area contributed by atoms with Crippen LogP contribution in [0.4, 0.5) is 18.3 Å². The maximum Gasteiger partial charge on any atom is 0.280 e. The molecular weight excluding hydrogens is 457 g/mol. The zero-order chi connectivity index (χ0) is 23.6. The molecule has 2 aromatic heterocycles. The minimum atomic E-state index is -2.70. The molecule has 0 spiro atoms. The fourth-order valence-electron chi connectivity index (χ4n) is 3.38. The Hall–Kier alpha value is -3.31. The maximum atomic E-state index is 14.7. The number of hydrogen-bond donors (Lipinski definition) is 2. The molecule has 0 bridgehead atoms. The molecule has 3 aromatic rings. The standard InChI is InChI=1S/C22H19F3N4O3S/c1-22(25)11-32-9-14-3-2-13(6-15(14)22)20(31)27-8-18(30)29-21-28-17(10-33-21)12-4-5-26-16(7-12)19(23)24/h2-7,10,19H,8-9,11H2,1H3,(H,27,31)(H,28,29,30)/t22-/m1/s1. The first-order valence-corrected chi connectivity index (χ1v) is 10.8. The van der Waals surface area contributed by atoms with Crippen molar-refractivity contribution in [3.63, 3.8) is 0 Å². The molecule has 0 radical (unpaired) electrons. The molecule has 2 N–H and O–H groups in total. The summed E-state index contributed by atoms with van der Waals surface area (Å²) in [4.78, 5) is 32.5. The lowest BCUT2D eigenvalue weighted by atomic mass is 9.90. The van der Waals surface area contributed by atoms with Crippen molar-refractivity contribution in [3.8, 4) is 11.3 Å². The minimum absolute atomic E-state index is 0.0910. The summed E-state index contributed by atoms with van der Waals surface area (Å²) < 4.78 is 45.6. The van der Waals surface area contributed by atoms with E-state index in [9.17, 15) is 22.8 Å². The first-order valence-electron chi connectivity index (χ1n) is 9.91. The zero-order valence-corrected chi connectivity index (χ0v) is 18.2. The number of rotatable bonds is 6. The number of pyridine rings is 1. The molecule has 3 heterocycles. The van der Waals surface area contributed by atoms with Crippen LogP contribution in [0.1, 0.15) is 40.5 Å². The molecular formula is C22H19F3N4O3S. The molecule has 11 heteroatoms. The molecule has 1 aliphatic heterocycles. The highest BCUT2D eigenvalue weighted by molar-refractivity contribution is 7.14. The van der Waals surface area contributed by atoms with Gasteiger partial charge in [0, 0.05) is 22.7 Å². The highest BCUT2D eigenvalue weighted by Gasteiger charge is 2.33. The summed E-state index contributed by atoms with van der Waals surface area (Å²) >= 11 is 1.12. The van der Waals surface area contributed by atoms with Gasteiger partial charge in [-0.3, -0.25) is 14.6 Å². The lowest BCUT2D eigenvalue weighted by Gasteiger charge is -2.29.